The van der Waals surface area contributed by atoms with Crippen LogP contribution < -0.4 is 5.73 Å². The van der Waals surface area contributed by atoms with Crippen molar-refractivity contribution in [1.82, 2.24) is 4.98 Å². The number of ketones is 4. The highest BCUT2D eigenvalue weighted by Gasteiger charge is 2.16. The number of fused-ring (bicyclic) bond motifs is 5. The molecular formula is C69H65BrN2O8. The minimum Gasteiger partial charge on any atom is -0.457 e. The van der Waals surface area contributed by atoms with Crippen molar-refractivity contribution in [2.45, 2.75) is 55.9 Å². The summed E-state index contributed by atoms with van der Waals surface area (Å²) in [6, 6.07) is 59.8. The third-order valence-electron chi connectivity index (χ3n) is 13.3. The number of ether oxygens (including phenoxy) is 1. The van der Waals surface area contributed by atoms with Gasteiger partial charge in [0.25, 0.3) is 6.01 Å². The molecule has 0 spiro atoms. The molecular weight excluding hydrogens is 1060 g/mol. The Morgan fingerprint density at radius 1 is 0.475 bits per heavy atom. The highest BCUT2D eigenvalue weighted by Crippen LogP contribution is 2.33. The highest BCUT2D eigenvalue weighted by atomic mass is 79.9. The first-order valence-electron chi connectivity index (χ1n) is 25.6. The van der Waals surface area contributed by atoms with Crippen molar-refractivity contribution in [2.24, 2.45) is 0 Å². The number of halogens is 1. The quantitative estimate of drug-likeness (QED) is 0.0807. The summed E-state index contributed by atoms with van der Waals surface area (Å²) in [7, 11) is 0. The maximum absolute atomic E-state index is 12.1. The molecule has 0 saturated carbocycles. The van der Waals surface area contributed by atoms with E-state index in [0.717, 1.165) is 98.7 Å². The number of anilines is 1. The van der Waals surface area contributed by atoms with Gasteiger partial charge in [0.1, 0.15) is 6.61 Å². The van der Waals surface area contributed by atoms with E-state index < -0.39 is 12.6 Å². The molecule has 3 N–H and O–H groups in total. The number of carbonyl (C=O) groups is 5. The number of esters is 1. The Kier molecular flexibility index (Phi) is 21.2. The van der Waals surface area contributed by atoms with Gasteiger partial charge in [0, 0.05) is 34.7 Å². The molecule has 11 rings (SSSR count). The number of aromatic nitrogens is 1. The third kappa shape index (κ3) is 14.4. The molecule has 11 aromatic rings. The van der Waals surface area contributed by atoms with Gasteiger partial charge in [-0.25, -0.2) is 4.98 Å². The van der Waals surface area contributed by atoms with Crippen LogP contribution in [-0.2, 0) is 9.53 Å². The number of alkyl halides is 1. The molecule has 0 aliphatic carbocycles. The molecule has 80 heavy (non-hydrogen) atoms. The molecule has 406 valence electrons. The van der Waals surface area contributed by atoms with Gasteiger partial charge in [-0.05, 0) is 123 Å². The van der Waals surface area contributed by atoms with Gasteiger partial charge in [-0.1, -0.05) is 205 Å². The first kappa shape index (κ1) is 60.3. The summed E-state index contributed by atoms with van der Waals surface area (Å²) in [5.74, 6) is 0.172. The van der Waals surface area contributed by atoms with Gasteiger partial charge in [0.05, 0.1) is 11.5 Å². The molecule has 0 aliphatic heterocycles. The van der Waals surface area contributed by atoms with E-state index in [1.165, 1.54) is 12.3 Å². The molecule has 0 aliphatic rings. The number of hydrogen-bond acceptors (Lipinski definition) is 10. The van der Waals surface area contributed by atoms with E-state index in [1.807, 2.05) is 173 Å². The van der Waals surface area contributed by atoms with E-state index in [1.54, 1.807) is 13.1 Å². The Labute approximate surface area is 475 Å². The van der Waals surface area contributed by atoms with Gasteiger partial charge in [-0.2, -0.15) is 0 Å². The predicted molar refractivity (Wildman–Crippen MR) is 331 cm³/mol. The largest absolute Gasteiger partial charge is 0.457 e. The summed E-state index contributed by atoms with van der Waals surface area (Å²) in [6.45, 7) is 12.0. The fourth-order valence-electron chi connectivity index (χ4n) is 9.60. The smallest absolute Gasteiger partial charge is 0.303 e. The number of nitrogen functional groups attached to an aromatic ring is 1. The van der Waals surface area contributed by atoms with Crippen molar-refractivity contribution in [3.05, 3.63) is 238 Å². The second-order valence-corrected chi connectivity index (χ2v) is 19.4. The topological polar surface area (TPSA) is 167 Å². The van der Waals surface area contributed by atoms with Gasteiger partial charge in [0.2, 0.25) is 5.78 Å². The molecule has 0 bridgehead atoms. The SMILES string of the molecule is C.CC(=O)OCC(=O)c1c(C)ccc2ccccc12.CC(=O)c1c(C)ccc2ccccc12.Cc1ccc2ccccc2c1-c1cnc(N)o1.Cc1ccc2ccccc2c1C(=O)CBr.Cc1ccc2ccccc2c1C(=O)CO. The van der Waals surface area contributed by atoms with Crippen LogP contribution in [0, 0.1) is 34.6 Å². The third-order valence-corrected chi connectivity index (χ3v) is 13.8. The molecule has 10 nitrogen and oxygen atoms in total. The van der Waals surface area contributed by atoms with Crippen molar-refractivity contribution >= 4 is 105 Å². The predicted octanol–water partition coefficient (Wildman–Crippen LogP) is 16.3. The zero-order chi connectivity index (χ0) is 56.8. The van der Waals surface area contributed by atoms with Crippen LogP contribution in [0.3, 0.4) is 0 Å². The Morgan fingerprint density at radius 3 is 1.18 bits per heavy atom. The van der Waals surface area contributed by atoms with Crippen molar-refractivity contribution in [3.63, 3.8) is 0 Å². The Bertz CT molecular complexity index is 3950. The number of carbonyl (C=O) groups excluding carboxylic acids is 5. The monoisotopic (exact) mass is 1130 g/mol. The molecule has 1 aromatic heterocycles. The van der Waals surface area contributed by atoms with E-state index in [9.17, 15) is 24.0 Å². The first-order valence-corrected chi connectivity index (χ1v) is 26.7. The molecule has 0 saturated heterocycles. The van der Waals surface area contributed by atoms with Gasteiger partial charge < -0.3 is 20.0 Å². The molecule has 1 heterocycles. The van der Waals surface area contributed by atoms with Crippen LogP contribution in [0.4, 0.5) is 6.01 Å². The fraction of sp³-hybridized carbons (Fsp3) is 0.159. The lowest BCUT2D eigenvalue weighted by molar-refractivity contribution is -0.139. The minimum absolute atomic E-state index is 0. The lowest BCUT2D eigenvalue weighted by Crippen LogP contribution is -2.13. The van der Waals surface area contributed by atoms with Crippen molar-refractivity contribution < 1.29 is 38.2 Å². The average molecular weight is 1130 g/mol. The van der Waals surface area contributed by atoms with E-state index in [-0.39, 0.29) is 43.2 Å². The van der Waals surface area contributed by atoms with Gasteiger partial charge >= 0.3 is 5.97 Å². The number of oxazole rings is 1. The molecule has 0 fully saturated rings. The molecule has 10 aromatic carbocycles. The number of aliphatic hydroxyl groups is 1. The summed E-state index contributed by atoms with van der Waals surface area (Å²) in [4.78, 5) is 61.7. The number of nitrogens with zero attached hydrogens (tertiary/aromatic N) is 1. The van der Waals surface area contributed by atoms with Gasteiger partial charge in [0.15, 0.2) is 29.7 Å². The fourth-order valence-corrected chi connectivity index (χ4v) is 9.88. The summed E-state index contributed by atoms with van der Waals surface area (Å²) in [6.07, 6.45) is 1.67. The standard InChI is InChI=1S/C15H14O3.C14H12N2O.C13H11BrO.C13H12O2.C13H12O.CH4/c1-10-7-8-12-5-3-4-6-13(12)15(10)14(17)9-18-11(2)16;1-9-6-7-10-4-2-3-5-11(10)13(9)12-8-16-14(15)17-12;2*1-9-6-7-10-4-2-3-5-11(10)13(9)12(15)8-14;1-9-7-8-11-5-3-4-6-12(11)13(9)10(2)14;/h3-8H,9H2,1-2H3;2-8H,1H3,(H2,15,16);2-7H,8H2,1H3;2-7,14H,8H2,1H3;3-8H,1-2H3;1H4. The summed E-state index contributed by atoms with van der Waals surface area (Å²) in [5, 5.41) is 19.8. The van der Waals surface area contributed by atoms with Crippen LogP contribution in [0.1, 0.15) is 90.5 Å². The second-order valence-electron chi connectivity index (χ2n) is 18.9. The summed E-state index contributed by atoms with van der Waals surface area (Å²) < 4.78 is 10.2. The number of benzene rings is 10. The number of nitrogens with two attached hydrogens (primary N) is 1. The molecule has 11 heteroatoms. The van der Waals surface area contributed by atoms with Crippen molar-refractivity contribution in [1.29, 1.82) is 0 Å². The van der Waals surface area contributed by atoms with Crippen LogP contribution in [-0.4, -0.2) is 57.7 Å². The lowest BCUT2D eigenvalue weighted by Gasteiger charge is -2.09. The number of rotatable bonds is 9. The van der Waals surface area contributed by atoms with Crippen LogP contribution in [0.15, 0.2) is 193 Å². The summed E-state index contributed by atoms with van der Waals surface area (Å²) in [5.41, 5.74) is 14.6. The van der Waals surface area contributed by atoms with E-state index in [2.05, 4.69) is 64.2 Å². The first-order chi connectivity index (χ1) is 38.0. The normalized spacial score (nSPS) is 10.4. The maximum atomic E-state index is 12.1. The lowest BCUT2D eigenvalue weighted by atomic mass is 9.97. The van der Waals surface area contributed by atoms with E-state index in [4.69, 9.17) is 20.0 Å². The zero-order valence-electron chi connectivity index (χ0n) is 45.2. The molecule has 0 atom stereocenters. The van der Waals surface area contributed by atoms with Gasteiger partial charge in [-0.3, -0.25) is 24.0 Å². The van der Waals surface area contributed by atoms with Crippen molar-refractivity contribution in [3.8, 4) is 11.3 Å². The maximum Gasteiger partial charge on any atom is 0.303 e. The Hall–Kier alpha value is -8.90. The Balaban J connectivity index is 0.000000161. The van der Waals surface area contributed by atoms with Crippen LogP contribution in [0.2, 0.25) is 0 Å². The van der Waals surface area contributed by atoms with Gasteiger partial charge in [-0.15, -0.1) is 0 Å². The van der Waals surface area contributed by atoms with Crippen LogP contribution in [0.5, 0.6) is 0 Å². The van der Waals surface area contributed by atoms with E-state index in [0.29, 0.717) is 16.5 Å². The number of Topliss-reactive ketones (excluding diaryl/α,β-unsaturated/α-hetero) is 4. The molecule has 0 radical (unpaired) electrons. The number of hydrogen-bond donors (Lipinski definition) is 2. The summed E-state index contributed by atoms with van der Waals surface area (Å²) >= 11 is 3.22. The number of aryl methyl sites for hydroxylation is 5. The second kappa shape index (κ2) is 28.1. The minimum atomic E-state index is -0.443. The number of aliphatic hydroxyl groups excluding tert-OH is 1. The van der Waals surface area contributed by atoms with Crippen LogP contribution >= 0.6 is 15.9 Å². The Morgan fingerprint density at radius 2 is 0.812 bits per heavy atom. The van der Waals surface area contributed by atoms with E-state index >= 15 is 0 Å². The molecule has 0 unspecified atom stereocenters. The molecule has 0 amide bonds. The average Bonchev–Trinajstić information content (AvgIpc) is 3.90. The van der Waals surface area contributed by atoms with Crippen molar-refractivity contribution in [2.75, 3.05) is 24.3 Å². The van der Waals surface area contributed by atoms with Crippen LogP contribution in [0.25, 0.3) is 65.2 Å². The zero-order valence-corrected chi connectivity index (χ0v) is 46.8. The highest BCUT2D eigenvalue weighted by molar-refractivity contribution is 9.09.